The monoisotopic (exact) mass is 210 g/mol. The van der Waals surface area contributed by atoms with Crippen LogP contribution in [0.1, 0.15) is 5.56 Å². The van der Waals surface area contributed by atoms with E-state index >= 15 is 0 Å². The standard InChI is InChI=1S/C7H5F3O2S/c1-4-5(8)2-3-6(7(4)9)13(10,11)12/h2-3H,1H3. The topological polar surface area (TPSA) is 34.1 Å². The van der Waals surface area contributed by atoms with Crippen LogP contribution in [-0.4, -0.2) is 8.42 Å². The van der Waals surface area contributed by atoms with Crippen LogP contribution in [0.5, 0.6) is 0 Å². The molecule has 0 aliphatic heterocycles. The van der Waals surface area contributed by atoms with Crippen molar-refractivity contribution in [1.29, 1.82) is 0 Å². The molecule has 0 unspecified atom stereocenters. The molecule has 0 saturated carbocycles. The van der Waals surface area contributed by atoms with Crippen LogP contribution in [0.3, 0.4) is 0 Å². The first-order chi connectivity index (χ1) is 5.84. The largest absolute Gasteiger partial charge is 0.335 e. The van der Waals surface area contributed by atoms with Crippen molar-refractivity contribution < 1.29 is 21.1 Å². The highest BCUT2D eigenvalue weighted by Crippen LogP contribution is 2.21. The van der Waals surface area contributed by atoms with Crippen LogP contribution < -0.4 is 0 Å². The molecular weight excluding hydrogens is 205 g/mol. The Morgan fingerprint density at radius 2 is 1.77 bits per heavy atom. The number of benzene rings is 1. The zero-order valence-electron chi connectivity index (χ0n) is 6.51. The predicted molar refractivity (Wildman–Crippen MR) is 39.4 cm³/mol. The Morgan fingerprint density at radius 1 is 1.23 bits per heavy atom. The molecule has 1 aromatic carbocycles. The number of hydrogen-bond donors (Lipinski definition) is 0. The summed E-state index contributed by atoms with van der Waals surface area (Å²) >= 11 is 0. The maximum Gasteiger partial charge on any atom is 0.335 e. The SMILES string of the molecule is Cc1c(F)ccc(S(=O)(=O)F)c1F. The lowest BCUT2D eigenvalue weighted by molar-refractivity contribution is 0.519. The minimum atomic E-state index is -5.11. The second-order valence-electron chi connectivity index (χ2n) is 2.42. The molecule has 0 bridgehead atoms. The molecular formula is C7H5F3O2S. The molecule has 0 fully saturated rings. The molecule has 0 aliphatic rings. The molecule has 2 nitrogen and oxygen atoms in total. The number of rotatable bonds is 1. The summed E-state index contributed by atoms with van der Waals surface area (Å²) in [6, 6.07) is 1.25. The van der Waals surface area contributed by atoms with Crippen molar-refractivity contribution in [2.45, 2.75) is 11.8 Å². The van der Waals surface area contributed by atoms with Crippen molar-refractivity contribution >= 4 is 10.2 Å². The summed E-state index contributed by atoms with van der Waals surface area (Å²) in [5, 5.41) is 0. The van der Waals surface area contributed by atoms with Crippen molar-refractivity contribution in [2.75, 3.05) is 0 Å². The molecule has 0 spiro atoms. The fourth-order valence-corrected chi connectivity index (χ4v) is 1.42. The third kappa shape index (κ3) is 1.82. The van der Waals surface area contributed by atoms with Crippen molar-refractivity contribution in [3.8, 4) is 0 Å². The van der Waals surface area contributed by atoms with Gasteiger partial charge in [0.2, 0.25) is 0 Å². The Hall–Kier alpha value is -1.04. The molecule has 0 aliphatic carbocycles. The van der Waals surface area contributed by atoms with Crippen molar-refractivity contribution in [2.24, 2.45) is 0 Å². The zero-order valence-corrected chi connectivity index (χ0v) is 7.33. The van der Waals surface area contributed by atoms with Crippen LogP contribution in [0.2, 0.25) is 0 Å². The molecule has 0 aromatic heterocycles. The first kappa shape index (κ1) is 10.0. The fraction of sp³-hybridized carbons (Fsp3) is 0.143. The Balaban J connectivity index is 3.53. The molecule has 0 radical (unpaired) electrons. The van der Waals surface area contributed by atoms with E-state index in [1.54, 1.807) is 0 Å². The van der Waals surface area contributed by atoms with E-state index < -0.39 is 32.3 Å². The minimum Gasteiger partial charge on any atom is -0.207 e. The Kier molecular flexibility index (Phi) is 2.34. The normalized spacial score (nSPS) is 11.7. The molecule has 0 amide bonds. The van der Waals surface area contributed by atoms with E-state index in [4.69, 9.17) is 0 Å². The summed E-state index contributed by atoms with van der Waals surface area (Å²) in [5.41, 5.74) is -0.515. The van der Waals surface area contributed by atoms with Crippen LogP contribution in [0.25, 0.3) is 0 Å². The van der Waals surface area contributed by atoms with E-state index in [-0.39, 0.29) is 0 Å². The van der Waals surface area contributed by atoms with Gasteiger partial charge in [-0.1, -0.05) is 0 Å². The fourth-order valence-electron chi connectivity index (χ4n) is 0.825. The van der Waals surface area contributed by atoms with Gasteiger partial charge in [0, 0.05) is 5.56 Å². The summed E-state index contributed by atoms with van der Waals surface area (Å²) in [6.07, 6.45) is 0. The molecule has 13 heavy (non-hydrogen) atoms. The van der Waals surface area contributed by atoms with Crippen LogP contribution in [0, 0.1) is 18.6 Å². The van der Waals surface area contributed by atoms with Gasteiger partial charge in [-0.25, -0.2) is 8.78 Å². The summed E-state index contributed by atoms with van der Waals surface area (Å²) in [4.78, 5) is -1.13. The van der Waals surface area contributed by atoms with Gasteiger partial charge in [0.05, 0.1) is 0 Å². The first-order valence-corrected chi connectivity index (χ1v) is 4.61. The lowest BCUT2D eigenvalue weighted by Gasteiger charge is -2.01. The third-order valence-corrected chi connectivity index (χ3v) is 2.39. The smallest absolute Gasteiger partial charge is 0.207 e. The lowest BCUT2D eigenvalue weighted by Crippen LogP contribution is -2.00. The molecule has 0 heterocycles. The van der Waals surface area contributed by atoms with Crippen LogP contribution >= 0.6 is 0 Å². The second kappa shape index (κ2) is 3.02. The Morgan fingerprint density at radius 3 is 2.23 bits per heavy atom. The van der Waals surface area contributed by atoms with Gasteiger partial charge in [0.25, 0.3) is 0 Å². The molecule has 0 N–H and O–H groups in total. The van der Waals surface area contributed by atoms with Crippen LogP contribution in [0.4, 0.5) is 12.7 Å². The van der Waals surface area contributed by atoms with Gasteiger partial charge in [0.15, 0.2) is 0 Å². The number of halogens is 3. The Labute approximate surface area is 73.2 Å². The van der Waals surface area contributed by atoms with Gasteiger partial charge in [-0.2, -0.15) is 8.42 Å². The van der Waals surface area contributed by atoms with E-state index in [1.165, 1.54) is 0 Å². The van der Waals surface area contributed by atoms with Gasteiger partial charge in [0.1, 0.15) is 16.5 Å². The highest BCUT2D eigenvalue weighted by atomic mass is 32.3. The van der Waals surface area contributed by atoms with Crippen LogP contribution in [-0.2, 0) is 10.2 Å². The van der Waals surface area contributed by atoms with Gasteiger partial charge in [-0.15, -0.1) is 3.89 Å². The predicted octanol–water partition coefficient (Wildman–Crippen LogP) is 1.93. The van der Waals surface area contributed by atoms with Gasteiger partial charge in [-0.3, -0.25) is 0 Å². The van der Waals surface area contributed by atoms with Gasteiger partial charge in [-0.05, 0) is 19.1 Å². The molecule has 72 valence electrons. The lowest BCUT2D eigenvalue weighted by atomic mass is 10.2. The number of hydrogen-bond acceptors (Lipinski definition) is 2. The maximum atomic E-state index is 12.9. The van der Waals surface area contributed by atoms with Crippen molar-refractivity contribution in [3.05, 3.63) is 29.3 Å². The van der Waals surface area contributed by atoms with E-state index in [0.717, 1.165) is 6.92 Å². The zero-order chi connectivity index (χ0) is 10.2. The highest BCUT2D eigenvalue weighted by molar-refractivity contribution is 7.86. The average molecular weight is 210 g/mol. The third-order valence-electron chi connectivity index (χ3n) is 1.55. The second-order valence-corrected chi connectivity index (χ2v) is 3.74. The van der Waals surface area contributed by atoms with Crippen LogP contribution in [0.15, 0.2) is 17.0 Å². The highest BCUT2D eigenvalue weighted by Gasteiger charge is 2.20. The molecule has 1 aromatic rings. The average Bonchev–Trinajstić information content (AvgIpc) is 1.98. The Bertz CT molecular complexity index is 439. The summed E-state index contributed by atoms with van der Waals surface area (Å²) in [5.74, 6) is -2.30. The quantitative estimate of drug-likeness (QED) is 0.664. The summed E-state index contributed by atoms with van der Waals surface area (Å²) < 4.78 is 58.4. The van der Waals surface area contributed by atoms with Crippen molar-refractivity contribution in [3.63, 3.8) is 0 Å². The summed E-state index contributed by atoms with van der Waals surface area (Å²) in [7, 11) is -5.11. The first-order valence-electron chi connectivity index (χ1n) is 3.23. The van der Waals surface area contributed by atoms with E-state index in [9.17, 15) is 21.1 Å². The molecule has 0 atom stereocenters. The minimum absolute atomic E-state index is 0.515. The van der Waals surface area contributed by atoms with E-state index in [1.807, 2.05) is 0 Å². The van der Waals surface area contributed by atoms with Gasteiger partial charge < -0.3 is 0 Å². The van der Waals surface area contributed by atoms with Crippen molar-refractivity contribution in [1.82, 2.24) is 0 Å². The molecule has 1 rings (SSSR count). The van der Waals surface area contributed by atoms with Gasteiger partial charge >= 0.3 is 10.2 Å². The summed E-state index contributed by atoms with van der Waals surface area (Å²) in [6.45, 7) is 1.03. The molecule has 0 saturated heterocycles. The van der Waals surface area contributed by atoms with E-state index in [0.29, 0.717) is 12.1 Å². The van der Waals surface area contributed by atoms with E-state index in [2.05, 4.69) is 0 Å². The molecule has 6 heteroatoms. The maximum absolute atomic E-state index is 12.9.